The van der Waals surface area contributed by atoms with Crippen LogP contribution < -0.4 is 9.47 Å². The summed E-state index contributed by atoms with van der Waals surface area (Å²) in [5, 5.41) is 2.55. The number of nitrogens with zero attached hydrogens (tertiary/aromatic N) is 2. The molecule has 0 atom stereocenters. The van der Waals surface area contributed by atoms with E-state index in [0.29, 0.717) is 31.3 Å². The highest BCUT2D eigenvalue weighted by atomic mass is 32.1. The molecular weight excluding hydrogens is 300 g/mol. The van der Waals surface area contributed by atoms with Crippen LogP contribution in [0.3, 0.4) is 0 Å². The van der Waals surface area contributed by atoms with Crippen LogP contribution in [0.25, 0.3) is 0 Å². The number of rotatable bonds is 6. The molecule has 1 fully saturated rings. The first kappa shape index (κ1) is 14.8. The Morgan fingerprint density at radius 1 is 1.36 bits per heavy atom. The Labute approximate surface area is 133 Å². The number of carbonyl (C=O) groups excluding carboxylic acids is 1. The van der Waals surface area contributed by atoms with Gasteiger partial charge in [0.1, 0.15) is 11.9 Å². The van der Waals surface area contributed by atoms with Gasteiger partial charge < -0.3 is 14.4 Å². The highest BCUT2D eigenvalue weighted by Gasteiger charge is 2.32. The third kappa shape index (κ3) is 3.57. The Bertz CT molecular complexity index is 607. The molecule has 2 aromatic rings. The van der Waals surface area contributed by atoms with Gasteiger partial charge in [-0.05, 0) is 24.6 Å². The monoisotopic (exact) mass is 318 g/mol. The summed E-state index contributed by atoms with van der Waals surface area (Å²) in [7, 11) is 0. The lowest BCUT2D eigenvalue weighted by molar-refractivity contribution is -0.139. The lowest BCUT2D eigenvalue weighted by Gasteiger charge is -2.38. The number of hydrogen-bond donors (Lipinski definition) is 0. The maximum Gasteiger partial charge on any atom is 0.273 e. The van der Waals surface area contributed by atoms with Crippen molar-refractivity contribution in [1.82, 2.24) is 9.88 Å². The predicted molar refractivity (Wildman–Crippen MR) is 84.4 cm³/mol. The largest absolute Gasteiger partial charge is 0.494 e. The van der Waals surface area contributed by atoms with Crippen LogP contribution in [0, 0.1) is 0 Å². The van der Waals surface area contributed by atoms with Crippen LogP contribution in [-0.4, -0.2) is 41.6 Å². The number of carbonyl (C=O) groups is 1. The van der Waals surface area contributed by atoms with Crippen molar-refractivity contribution in [3.63, 3.8) is 0 Å². The van der Waals surface area contributed by atoms with Gasteiger partial charge >= 0.3 is 0 Å². The summed E-state index contributed by atoms with van der Waals surface area (Å²) in [6.07, 6.45) is 2.19. The molecule has 0 spiro atoms. The lowest BCUT2D eigenvalue weighted by Crippen LogP contribution is -2.56. The third-order valence-electron chi connectivity index (χ3n) is 3.47. The van der Waals surface area contributed by atoms with Crippen LogP contribution in [0.5, 0.6) is 10.9 Å². The minimum absolute atomic E-state index is 0.0652. The summed E-state index contributed by atoms with van der Waals surface area (Å²) < 4.78 is 11.1. The van der Waals surface area contributed by atoms with Gasteiger partial charge in [-0.2, -0.15) is 0 Å². The van der Waals surface area contributed by atoms with Gasteiger partial charge in [-0.1, -0.05) is 23.5 Å². The zero-order chi connectivity index (χ0) is 15.4. The Kier molecular flexibility index (Phi) is 4.58. The molecular formula is C16H18N2O3S. The van der Waals surface area contributed by atoms with E-state index in [1.807, 2.05) is 41.5 Å². The molecule has 6 heteroatoms. The van der Waals surface area contributed by atoms with Gasteiger partial charge in [0.2, 0.25) is 5.91 Å². The Morgan fingerprint density at radius 2 is 2.14 bits per heavy atom. The number of aromatic nitrogens is 1. The van der Waals surface area contributed by atoms with Crippen LogP contribution in [0.2, 0.25) is 0 Å². The molecule has 3 rings (SSSR count). The molecule has 1 aliphatic rings. The molecule has 1 aromatic heterocycles. The average molecular weight is 318 g/mol. The highest BCUT2D eigenvalue weighted by molar-refractivity contribution is 7.11. The highest BCUT2D eigenvalue weighted by Crippen LogP contribution is 2.21. The van der Waals surface area contributed by atoms with E-state index in [-0.39, 0.29) is 12.0 Å². The number of hydrogen-bond acceptors (Lipinski definition) is 5. The van der Waals surface area contributed by atoms with Gasteiger partial charge in [0.15, 0.2) is 0 Å². The molecule has 2 heterocycles. The van der Waals surface area contributed by atoms with Crippen molar-refractivity contribution < 1.29 is 14.3 Å². The molecule has 0 bridgehead atoms. The maximum absolute atomic E-state index is 12.2. The van der Waals surface area contributed by atoms with Crippen molar-refractivity contribution >= 4 is 17.2 Å². The summed E-state index contributed by atoms with van der Waals surface area (Å²) in [5.74, 6) is 0.961. The molecule has 0 saturated carbocycles. The van der Waals surface area contributed by atoms with E-state index >= 15 is 0 Å². The van der Waals surface area contributed by atoms with Gasteiger partial charge in [0.25, 0.3) is 5.19 Å². The standard InChI is InChI=1S/C16H18N2O3S/c1-2-20-13-5-3-12(4-6-13)9-15(19)18-10-14(11-18)21-16-17-7-8-22-16/h3-8,14H,2,9-11H2,1H3. The molecule has 0 unspecified atom stereocenters. The normalized spacial score (nSPS) is 14.5. The maximum atomic E-state index is 12.2. The lowest BCUT2D eigenvalue weighted by atomic mass is 10.1. The summed E-state index contributed by atoms with van der Waals surface area (Å²) >= 11 is 1.47. The van der Waals surface area contributed by atoms with Crippen molar-refractivity contribution in [2.45, 2.75) is 19.4 Å². The van der Waals surface area contributed by atoms with Crippen molar-refractivity contribution in [3.05, 3.63) is 41.4 Å². The number of thiazole rings is 1. The minimum atomic E-state index is 0.0652. The first-order valence-corrected chi connectivity index (χ1v) is 8.18. The predicted octanol–water partition coefficient (Wildman–Crippen LogP) is 2.37. The van der Waals surface area contributed by atoms with Crippen LogP contribution in [0.15, 0.2) is 35.8 Å². The summed E-state index contributed by atoms with van der Waals surface area (Å²) in [5.41, 5.74) is 0.998. The molecule has 0 aliphatic carbocycles. The average Bonchev–Trinajstić information content (AvgIpc) is 2.98. The second-order valence-corrected chi connectivity index (χ2v) is 5.95. The van der Waals surface area contributed by atoms with E-state index in [1.54, 1.807) is 6.20 Å². The first-order valence-electron chi connectivity index (χ1n) is 7.30. The van der Waals surface area contributed by atoms with Gasteiger partial charge in [0.05, 0.1) is 26.1 Å². The zero-order valence-electron chi connectivity index (χ0n) is 12.4. The van der Waals surface area contributed by atoms with Crippen LogP contribution in [-0.2, 0) is 11.2 Å². The number of likely N-dealkylation sites (tertiary alicyclic amines) is 1. The summed E-state index contributed by atoms with van der Waals surface area (Å²) in [6, 6.07) is 7.67. The molecule has 0 N–H and O–H groups in total. The van der Waals surface area contributed by atoms with Crippen LogP contribution >= 0.6 is 11.3 Å². The Morgan fingerprint density at radius 3 is 2.77 bits per heavy atom. The number of amides is 1. The van der Waals surface area contributed by atoms with Crippen molar-refractivity contribution in [2.75, 3.05) is 19.7 Å². The van der Waals surface area contributed by atoms with E-state index in [2.05, 4.69) is 4.98 Å². The first-order chi connectivity index (χ1) is 10.7. The van der Waals surface area contributed by atoms with Gasteiger partial charge in [-0.15, -0.1) is 0 Å². The smallest absolute Gasteiger partial charge is 0.273 e. The van der Waals surface area contributed by atoms with Gasteiger partial charge in [-0.3, -0.25) is 4.79 Å². The van der Waals surface area contributed by atoms with Gasteiger partial charge in [-0.25, -0.2) is 4.98 Å². The zero-order valence-corrected chi connectivity index (χ0v) is 13.2. The molecule has 22 heavy (non-hydrogen) atoms. The Balaban J connectivity index is 1.45. The van der Waals surface area contributed by atoms with Crippen LogP contribution in [0.1, 0.15) is 12.5 Å². The summed E-state index contributed by atoms with van der Waals surface area (Å²) in [6.45, 7) is 3.86. The molecule has 1 saturated heterocycles. The van der Waals surface area contributed by atoms with E-state index in [0.717, 1.165) is 11.3 Å². The van der Waals surface area contributed by atoms with E-state index in [9.17, 15) is 4.79 Å². The van der Waals surface area contributed by atoms with E-state index < -0.39 is 0 Å². The van der Waals surface area contributed by atoms with Gasteiger partial charge in [0, 0.05) is 11.6 Å². The van der Waals surface area contributed by atoms with E-state index in [4.69, 9.17) is 9.47 Å². The molecule has 0 radical (unpaired) electrons. The summed E-state index contributed by atoms with van der Waals surface area (Å²) in [4.78, 5) is 18.1. The Hall–Kier alpha value is -2.08. The number of ether oxygens (including phenoxy) is 2. The molecule has 116 valence electrons. The van der Waals surface area contributed by atoms with Crippen LogP contribution in [0.4, 0.5) is 0 Å². The third-order valence-corrected chi connectivity index (χ3v) is 4.13. The second-order valence-electron chi connectivity index (χ2n) is 5.09. The van der Waals surface area contributed by atoms with Crippen molar-refractivity contribution in [1.29, 1.82) is 0 Å². The fourth-order valence-corrected chi connectivity index (χ4v) is 2.84. The minimum Gasteiger partial charge on any atom is -0.494 e. The fourth-order valence-electron chi connectivity index (χ4n) is 2.28. The molecule has 1 aliphatic heterocycles. The SMILES string of the molecule is CCOc1ccc(CC(=O)N2CC(Oc3nccs3)C2)cc1. The molecule has 5 nitrogen and oxygen atoms in total. The van der Waals surface area contributed by atoms with Crippen molar-refractivity contribution in [3.8, 4) is 10.9 Å². The quantitative estimate of drug-likeness (QED) is 0.820. The topological polar surface area (TPSA) is 51.7 Å². The molecule has 1 amide bonds. The van der Waals surface area contributed by atoms with Crippen molar-refractivity contribution in [2.24, 2.45) is 0 Å². The fraction of sp³-hybridized carbons (Fsp3) is 0.375. The van der Waals surface area contributed by atoms with E-state index in [1.165, 1.54) is 11.3 Å². The molecule has 1 aromatic carbocycles. The second kappa shape index (κ2) is 6.79. The number of benzene rings is 1.